The highest BCUT2D eigenvalue weighted by Gasteiger charge is 2.60. The van der Waals surface area contributed by atoms with Gasteiger partial charge >= 0.3 is 11.9 Å². The normalized spacial score (nSPS) is 45.3. The number of methoxy groups -OCH3 is 3. The number of fused-ring (bicyclic) bond motifs is 6. The molecule has 7 rings (SSSR count). The summed E-state index contributed by atoms with van der Waals surface area (Å²) in [5.74, 6) is -4.59. The van der Waals surface area contributed by atoms with Crippen molar-refractivity contribution in [3.8, 4) is 0 Å². The Kier molecular flexibility index (Phi) is 19.8. The first kappa shape index (κ1) is 55.6. The monoisotopic (exact) mass is 995 g/mol. The van der Waals surface area contributed by atoms with Gasteiger partial charge in [-0.2, -0.15) is 0 Å². The van der Waals surface area contributed by atoms with E-state index in [1.165, 1.54) is 7.11 Å². The van der Waals surface area contributed by atoms with Crippen molar-refractivity contribution in [3.05, 3.63) is 24.3 Å². The number of carbonyl (C=O) groups is 2. The standard InChI is InChI=1S/C53H86O17/c1-32-19-22-51-24-21-43(62-5)49(69-51)48(59)47(58)33(2)17-18-39-28-40(61-4)30-52(66-39)23-20-34(3)53(70-52)31-45(42(68-53)16-11-9-7-8-10-15-41(56)50(60)63-6)65-46(57)29-38-14-12-13-37(64-38)26-35(54)25-36(55)27-44(32)67-51/h8-11,32-45,47-49,54-56,58-59H,7,12-31H2,1-6H3/b10-8+,11-9+/t32-,33-,34-,35-,36-,37-,38+,39+,40-,41?,42-,43-,44+,45-,47-,48-,49-,51-,52+,53+/m0/s1. The third-order valence-electron chi connectivity index (χ3n) is 16.6. The van der Waals surface area contributed by atoms with Crippen LogP contribution in [0, 0.1) is 17.8 Å². The lowest BCUT2D eigenvalue weighted by Gasteiger charge is -2.53. The predicted molar refractivity (Wildman–Crippen MR) is 254 cm³/mol. The smallest absolute Gasteiger partial charge is 0.335 e. The van der Waals surface area contributed by atoms with Crippen molar-refractivity contribution in [2.45, 2.75) is 258 Å². The first-order chi connectivity index (χ1) is 33.5. The second-order valence-electron chi connectivity index (χ2n) is 21.9. The fourth-order valence-corrected chi connectivity index (χ4v) is 12.3. The molecule has 400 valence electrons. The quantitative estimate of drug-likeness (QED) is 0.140. The fraction of sp³-hybridized carbons (Fsp3) is 0.887. The number of allylic oxidation sites excluding steroid dienone is 2. The number of aliphatic hydroxyl groups is 5. The predicted octanol–water partition coefficient (Wildman–Crippen LogP) is 5.61. The molecule has 17 heteroatoms. The summed E-state index contributed by atoms with van der Waals surface area (Å²) < 4.78 is 63.9. The third-order valence-corrected chi connectivity index (χ3v) is 16.6. The van der Waals surface area contributed by atoms with Gasteiger partial charge in [0.05, 0.1) is 68.5 Å². The largest absolute Gasteiger partial charge is 0.467 e. The van der Waals surface area contributed by atoms with E-state index in [0.29, 0.717) is 89.9 Å². The van der Waals surface area contributed by atoms with Crippen molar-refractivity contribution in [3.63, 3.8) is 0 Å². The zero-order valence-corrected chi connectivity index (χ0v) is 42.6. The van der Waals surface area contributed by atoms with E-state index in [9.17, 15) is 35.1 Å². The van der Waals surface area contributed by atoms with Gasteiger partial charge in [-0.05, 0) is 95.3 Å². The maximum absolute atomic E-state index is 13.9. The Hall–Kier alpha value is -2.10. The van der Waals surface area contributed by atoms with Gasteiger partial charge in [-0.3, -0.25) is 4.79 Å². The van der Waals surface area contributed by atoms with Gasteiger partial charge in [0.2, 0.25) is 0 Å². The first-order valence-electron chi connectivity index (χ1n) is 26.6. The minimum Gasteiger partial charge on any atom is -0.467 e. The van der Waals surface area contributed by atoms with E-state index in [4.69, 9.17) is 42.6 Å². The summed E-state index contributed by atoms with van der Waals surface area (Å²) in [6, 6.07) is 0. The zero-order valence-electron chi connectivity index (χ0n) is 42.6. The molecule has 7 heterocycles. The number of aliphatic hydroxyl groups excluding tert-OH is 5. The van der Waals surface area contributed by atoms with Crippen LogP contribution in [0.4, 0.5) is 0 Å². The lowest BCUT2D eigenvalue weighted by Crippen LogP contribution is -2.59. The van der Waals surface area contributed by atoms with E-state index in [2.05, 4.69) is 18.6 Å². The molecule has 1 unspecified atom stereocenters. The second kappa shape index (κ2) is 25.0. The molecule has 0 aromatic carbocycles. The summed E-state index contributed by atoms with van der Waals surface area (Å²) in [4.78, 5) is 25.5. The minimum atomic E-state index is -1.27. The van der Waals surface area contributed by atoms with Gasteiger partial charge in [0.1, 0.15) is 24.4 Å². The molecule has 0 amide bonds. The maximum atomic E-state index is 13.9. The van der Waals surface area contributed by atoms with E-state index < -0.39 is 90.3 Å². The Balaban J connectivity index is 1.11. The summed E-state index contributed by atoms with van der Waals surface area (Å²) in [6.07, 6.45) is 8.58. The highest BCUT2D eigenvalue weighted by molar-refractivity contribution is 5.74. The van der Waals surface area contributed by atoms with Crippen LogP contribution in [0.2, 0.25) is 0 Å². The van der Waals surface area contributed by atoms with E-state index >= 15 is 0 Å². The van der Waals surface area contributed by atoms with Crippen molar-refractivity contribution in [1.82, 2.24) is 0 Å². The Morgan fingerprint density at radius 3 is 2.23 bits per heavy atom. The highest BCUT2D eigenvalue weighted by Crippen LogP contribution is 2.53. The molecule has 0 saturated carbocycles. The van der Waals surface area contributed by atoms with Gasteiger partial charge in [-0.1, -0.05) is 45.1 Å². The number of hydrogen-bond donors (Lipinski definition) is 5. The topological polar surface area (TPSA) is 228 Å². The maximum Gasteiger partial charge on any atom is 0.335 e. The number of ether oxygens (including phenoxy) is 10. The summed E-state index contributed by atoms with van der Waals surface area (Å²) in [6.45, 7) is 6.11. The van der Waals surface area contributed by atoms with Gasteiger partial charge in [0, 0.05) is 65.1 Å². The van der Waals surface area contributed by atoms with E-state index in [1.54, 1.807) is 20.3 Å². The fourth-order valence-electron chi connectivity index (χ4n) is 12.3. The molecular formula is C53H86O17. The molecule has 0 aliphatic carbocycles. The first-order valence-corrected chi connectivity index (χ1v) is 26.6. The van der Waals surface area contributed by atoms with E-state index in [0.717, 1.165) is 25.7 Å². The van der Waals surface area contributed by atoms with Gasteiger partial charge < -0.3 is 72.9 Å². The van der Waals surface area contributed by atoms with Crippen LogP contribution in [-0.4, -0.2) is 162 Å². The Labute approximate surface area is 415 Å². The lowest BCUT2D eigenvalue weighted by atomic mass is 9.81. The Morgan fingerprint density at radius 1 is 0.714 bits per heavy atom. The van der Waals surface area contributed by atoms with E-state index in [-0.39, 0.29) is 61.4 Å². The molecule has 3 spiro atoms. The van der Waals surface area contributed by atoms with Crippen LogP contribution in [0.25, 0.3) is 0 Å². The van der Waals surface area contributed by atoms with Crippen LogP contribution in [0.15, 0.2) is 24.3 Å². The van der Waals surface area contributed by atoms with Crippen molar-refractivity contribution >= 4 is 11.9 Å². The van der Waals surface area contributed by atoms with Crippen molar-refractivity contribution in [1.29, 1.82) is 0 Å². The van der Waals surface area contributed by atoms with Crippen molar-refractivity contribution in [2.24, 2.45) is 17.8 Å². The van der Waals surface area contributed by atoms with Gasteiger partial charge in [-0.15, -0.1) is 0 Å². The van der Waals surface area contributed by atoms with Crippen molar-refractivity contribution in [2.75, 3.05) is 21.3 Å². The Morgan fingerprint density at radius 2 is 1.46 bits per heavy atom. The van der Waals surface area contributed by atoms with Crippen molar-refractivity contribution < 1.29 is 82.5 Å². The molecule has 0 aromatic rings. The second-order valence-corrected chi connectivity index (χ2v) is 21.9. The van der Waals surface area contributed by atoms with Crippen LogP contribution in [0.3, 0.4) is 0 Å². The summed E-state index contributed by atoms with van der Waals surface area (Å²) >= 11 is 0. The average molecular weight is 995 g/mol. The average Bonchev–Trinajstić information content (AvgIpc) is 3.67. The summed E-state index contributed by atoms with van der Waals surface area (Å²) in [5, 5.41) is 56.3. The Bertz CT molecular complexity index is 1730. The molecular weight excluding hydrogens is 909 g/mol. The molecule has 20 atom stereocenters. The van der Waals surface area contributed by atoms with Gasteiger partial charge in [0.25, 0.3) is 0 Å². The number of carbonyl (C=O) groups excluding carboxylic acids is 2. The van der Waals surface area contributed by atoms with Gasteiger partial charge in [0.15, 0.2) is 23.5 Å². The molecule has 7 saturated heterocycles. The minimum absolute atomic E-state index is 0.0427. The van der Waals surface area contributed by atoms with Crippen LogP contribution >= 0.6 is 0 Å². The van der Waals surface area contributed by atoms with E-state index in [1.807, 2.05) is 25.2 Å². The molecule has 7 aliphatic heterocycles. The number of esters is 2. The number of hydrogen-bond acceptors (Lipinski definition) is 17. The molecule has 7 aliphatic rings. The summed E-state index contributed by atoms with van der Waals surface area (Å²) in [7, 11) is 4.52. The molecule has 0 radical (unpaired) electrons. The zero-order chi connectivity index (χ0) is 50.2. The van der Waals surface area contributed by atoms with Crippen LogP contribution in [0.1, 0.15) is 156 Å². The molecule has 0 aromatic heterocycles. The molecule has 5 N–H and O–H groups in total. The summed E-state index contributed by atoms with van der Waals surface area (Å²) in [5.41, 5.74) is 0. The third kappa shape index (κ3) is 14.0. The van der Waals surface area contributed by atoms with Crippen LogP contribution < -0.4 is 0 Å². The SMILES string of the molecule is COC(=O)C(O)C/C=C/C/C=C/C[C@@H]1O[C@@]23C[C@@H]1OC(=O)C[C@H]1CCC[C@@H](C[C@@H](O)C[C@H](O)C[C@H]4O[C@@]5(CC[C@H](OC)[C@H](O5)[C@@H](O)[C@@H](O)[C@@H](C)CC[C@@H]5C[C@H](OC)C[C@](CC[C@@H]2C)(O5)O3)CC[C@@H]4C)O1. The van der Waals surface area contributed by atoms with Gasteiger partial charge in [-0.25, -0.2) is 4.79 Å². The molecule has 9 bridgehead atoms. The molecule has 70 heavy (non-hydrogen) atoms. The number of rotatable bonds is 9. The molecule has 17 nitrogen and oxygen atoms in total. The van der Waals surface area contributed by atoms with Crippen LogP contribution in [-0.2, 0) is 57.0 Å². The van der Waals surface area contributed by atoms with Crippen LogP contribution in [0.5, 0.6) is 0 Å². The highest BCUT2D eigenvalue weighted by atomic mass is 16.8. The lowest BCUT2D eigenvalue weighted by molar-refractivity contribution is -0.414. The molecule has 7 fully saturated rings.